The van der Waals surface area contributed by atoms with Gasteiger partial charge in [0.05, 0.1) is 23.5 Å². The van der Waals surface area contributed by atoms with Crippen LogP contribution in [0.5, 0.6) is 5.75 Å². The Morgan fingerprint density at radius 3 is 2.16 bits per heavy atom. The smallest absolute Gasteiger partial charge is 0.217 e. The van der Waals surface area contributed by atoms with Gasteiger partial charge in [0, 0.05) is 19.6 Å². The zero-order valence-electron chi connectivity index (χ0n) is 18.4. The highest BCUT2D eigenvalue weighted by molar-refractivity contribution is 7.89. The van der Waals surface area contributed by atoms with Crippen molar-refractivity contribution < 1.29 is 13.2 Å². The van der Waals surface area contributed by atoms with Crippen LogP contribution >= 0.6 is 0 Å². The van der Waals surface area contributed by atoms with Gasteiger partial charge in [-0.05, 0) is 44.4 Å². The zero-order valence-corrected chi connectivity index (χ0v) is 19.2. The number of hydrogen-bond acceptors (Lipinski definition) is 4. The molecule has 1 saturated heterocycles. The lowest BCUT2D eigenvalue weighted by molar-refractivity contribution is 0.283. The number of aromatic nitrogens is 2. The third-order valence-electron chi connectivity index (χ3n) is 5.55. The standard InChI is InChI=1S/C18H25N3O3S.C6H6/c1-14-4-5-15(2)25(22,23)21(14)11-16-6-8-18(9-7-16)24-12-17-10-19-13-20(17)3;1-2-4-6-5-3-1/h6-10,13-15H,4-5,11-12H2,1-3H3;1-6H/t14-,15?;/m0./s1. The van der Waals surface area contributed by atoms with E-state index in [1.165, 1.54) is 0 Å². The molecule has 0 bridgehead atoms. The minimum Gasteiger partial charge on any atom is -0.487 e. The van der Waals surface area contributed by atoms with E-state index < -0.39 is 10.0 Å². The lowest BCUT2D eigenvalue weighted by Crippen LogP contribution is -2.46. The topological polar surface area (TPSA) is 64.4 Å². The first-order valence-electron chi connectivity index (χ1n) is 10.6. The van der Waals surface area contributed by atoms with E-state index in [0.717, 1.165) is 29.8 Å². The summed E-state index contributed by atoms with van der Waals surface area (Å²) in [6.07, 6.45) is 5.16. The van der Waals surface area contributed by atoms with E-state index in [0.29, 0.717) is 13.2 Å². The molecule has 3 aromatic rings. The van der Waals surface area contributed by atoms with Crippen LogP contribution in [0.1, 0.15) is 37.9 Å². The van der Waals surface area contributed by atoms with Crippen molar-refractivity contribution in [3.05, 3.63) is 84.4 Å². The number of benzene rings is 2. The summed E-state index contributed by atoms with van der Waals surface area (Å²) in [6, 6.07) is 19.7. The Kier molecular flexibility index (Phi) is 7.87. The maximum absolute atomic E-state index is 12.6. The first-order chi connectivity index (χ1) is 14.9. The Bertz CT molecular complexity index is 1010. The summed E-state index contributed by atoms with van der Waals surface area (Å²) in [5, 5.41) is -0.301. The van der Waals surface area contributed by atoms with Gasteiger partial charge in [0.1, 0.15) is 12.4 Å². The van der Waals surface area contributed by atoms with Gasteiger partial charge in [-0.15, -0.1) is 0 Å². The number of aryl methyl sites for hydroxylation is 1. The predicted molar refractivity (Wildman–Crippen MR) is 123 cm³/mol. The molecule has 6 nitrogen and oxygen atoms in total. The third-order valence-corrected chi connectivity index (χ3v) is 7.94. The number of imidazole rings is 1. The summed E-state index contributed by atoms with van der Waals surface area (Å²) in [6.45, 7) is 4.64. The van der Waals surface area contributed by atoms with Gasteiger partial charge in [0.2, 0.25) is 10.0 Å². The van der Waals surface area contributed by atoms with E-state index in [1.807, 2.05) is 79.2 Å². The van der Waals surface area contributed by atoms with E-state index >= 15 is 0 Å². The molecule has 7 heteroatoms. The molecule has 2 heterocycles. The second-order valence-corrected chi connectivity index (χ2v) is 10.2. The molecule has 0 N–H and O–H groups in total. The van der Waals surface area contributed by atoms with Gasteiger partial charge in [-0.1, -0.05) is 48.5 Å². The fourth-order valence-electron chi connectivity index (χ4n) is 3.43. The maximum Gasteiger partial charge on any atom is 0.217 e. The number of sulfonamides is 1. The fourth-order valence-corrected chi connectivity index (χ4v) is 5.27. The van der Waals surface area contributed by atoms with Crippen molar-refractivity contribution in [2.75, 3.05) is 0 Å². The largest absolute Gasteiger partial charge is 0.487 e. The molecule has 0 aliphatic carbocycles. The van der Waals surface area contributed by atoms with Crippen LogP contribution < -0.4 is 4.74 Å². The van der Waals surface area contributed by atoms with E-state index in [9.17, 15) is 8.42 Å². The molecule has 166 valence electrons. The van der Waals surface area contributed by atoms with Crippen LogP contribution in [0.3, 0.4) is 0 Å². The van der Waals surface area contributed by atoms with Gasteiger partial charge in [0.15, 0.2) is 0 Å². The molecule has 1 aromatic heterocycles. The highest BCUT2D eigenvalue weighted by Crippen LogP contribution is 2.28. The summed E-state index contributed by atoms with van der Waals surface area (Å²) in [5.41, 5.74) is 1.96. The van der Waals surface area contributed by atoms with Crippen LogP contribution in [-0.4, -0.2) is 33.6 Å². The van der Waals surface area contributed by atoms with Crippen LogP contribution in [-0.2, 0) is 30.2 Å². The van der Waals surface area contributed by atoms with E-state index in [2.05, 4.69) is 4.98 Å². The monoisotopic (exact) mass is 441 g/mol. The maximum atomic E-state index is 12.6. The molecule has 1 fully saturated rings. The summed E-state index contributed by atoms with van der Waals surface area (Å²) in [7, 11) is -1.29. The Labute approximate surface area is 185 Å². The van der Waals surface area contributed by atoms with Crippen molar-refractivity contribution in [3.63, 3.8) is 0 Å². The van der Waals surface area contributed by atoms with Crippen LogP contribution in [0.2, 0.25) is 0 Å². The molecule has 0 amide bonds. The number of rotatable bonds is 5. The molecule has 4 rings (SSSR count). The molecule has 2 aromatic carbocycles. The highest BCUT2D eigenvalue weighted by atomic mass is 32.2. The van der Waals surface area contributed by atoms with Gasteiger partial charge >= 0.3 is 0 Å². The fraction of sp³-hybridized carbons (Fsp3) is 0.375. The van der Waals surface area contributed by atoms with Gasteiger partial charge in [0.25, 0.3) is 0 Å². The number of ether oxygens (including phenoxy) is 1. The molecule has 0 radical (unpaired) electrons. The number of hydrogen-bond donors (Lipinski definition) is 0. The lowest BCUT2D eigenvalue weighted by Gasteiger charge is -2.36. The average molecular weight is 442 g/mol. The van der Waals surface area contributed by atoms with Gasteiger partial charge in [-0.25, -0.2) is 13.4 Å². The zero-order chi connectivity index (χ0) is 22.3. The first kappa shape index (κ1) is 23.0. The molecular formula is C24H31N3O3S. The van der Waals surface area contributed by atoms with Crippen LogP contribution in [0.25, 0.3) is 0 Å². The second-order valence-electron chi connectivity index (χ2n) is 7.91. The predicted octanol–water partition coefficient (Wildman–Crippen LogP) is 4.39. The minimum absolute atomic E-state index is 0.0435. The minimum atomic E-state index is -3.21. The van der Waals surface area contributed by atoms with E-state index in [-0.39, 0.29) is 11.3 Å². The van der Waals surface area contributed by atoms with E-state index in [1.54, 1.807) is 23.8 Å². The quantitative estimate of drug-likeness (QED) is 0.589. The first-order valence-corrected chi connectivity index (χ1v) is 12.1. The molecular weight excluding hydrogens is 410 g/mol. The molecule has 2 atom stereocenters. The van der Waals surface area contributed by atoms with Crippen molar-refractivity contribution in [1.29, 1.82) is 0 Å². The van der Waals surface area contributed by atoms with Gasteiger partial charge in [-0.3, -0.25) is 0 Å². The molecule has 0 saturated carbocycles. The highest BCUT2D eigenvalue weighted by Gasteiger charge is 2.36. The molecule has 31 heavy (non-hydrogen) atoms. The van der Waals surface area contributed by atoms with E-state index in [4.69, 9.17) is 4.74 Å². The Balaban J connectivity index is 0.000000391. The molecule has 0 spiro atoms. The van der Waals surface area contributed by atoms with Crippen molar-refractivity contribution in [2.45, 2.75) is 51.1 Å². The van der Waals surface area contributed by atoms with Crippen molar-refractivity contribution in [2.24, 2.45) is 7.05 Å². The Morgan fingerprint density at radius 2 is 1.61 bits per heavy atom. The molecule has 1 unspecified atom stereocenters. The molecule has 1 aliphatic heterocycles. The van der Waals surface area contributed by atoms with Gasteiger partial charge in [-0.2, -0.15) is 4.31 Å². The Hall–Kier alpha value is -2.64. The van der Waals surface area contributed by atoms with Crippen molar-refractivity contribution in [1.82, 2.24) is 13.9 Å². The third kappa shape index (κ3) is 6.18. The average Bonchev–Trinajstić information content (AvgIpc) is 3.20. The number of nitrogens with zero attached hydrogens (tertiary/aromatic N) is 3. The summed E-state index contributed by atoms with van der Waals surface area (Å²) >= 11 is 0. The molecule has 1 aliphatic rings. The second kappa shape index (κ2) is 10.6. The van der Waals surface area contributed by atoms with Crippen LogP contribution in [0.15, 0.2) is 73.2 Å². The van der Waals surface area contributed by atoms with Crippen molar-refractivity contribution in [3.8, 4) is 5.75 Å². The lowest BCUT2D eigenvalue weighted by atomic mass is 10.1. The Morgan fingerprint density at radius 1 is 1.00 bits per heavy atom. The summed E-state index contributed by atoms with van der Waals surface area (Å²) in [5.74, 6) is 0.757. The van der Waals surface area contributed by atoms with Crippen molar-refractivity contribution >= 4 is 10.0 Å². The summed E-state index contributed by atoms with van der Waals surface area (Å²) in [4.78, 5) is 4.06. The SMILES string of the molecule is CC1CC[C@H](C)N(Cc2ccc(OCc3cncn3C)cc2)S1(=O)=O.c1ccccc1. The normalized spacial score (nSPS) is 20.5. The van der Waals surface area contributed by atoms with Crippen LogP contribution in [0.4, 0.5) is 0 Å². The van der Waals surface area contributed by atoms with Crippen LogP contribution in [0, 0.1) is 0 Å². The summed E-state index contributed by atoms with van der Waals surface area (Å²) < 4.78 is 34.4. The van der Waals surface area contributed by atoms with Gasteiger partial charge < -0.3 is 9.30 Å².